The van der Waals surface area contributed by atoms with Crippen LogP contribution in [0.1, 0.15) is 47.5 Å². The summed E-state index contributed by atoms with van der Waals surface area (Å²) in [4.78, 5) is 14.0. The van der Waals surface area contributed by atoms with E-state index in [4.69, 9.17) is 0 Å². The van der Waals surface area contributed by atoms with Crippen LogP contribution in [0, 0.1) is 5.92 Å². The van der Waals surface area contributed by atoms with E-state index in [1.807, 2.05) is 17.0 Å². The Morgan fingerprint density at radius 1 is 1.20 bits per heavy atom. The van der Waals surface area contributed by atoms with Crippen molar-refractivity contribution in [1.29, 1.82) is 0 Å². The Balaban J connectivity index is 1.34. The highest BCUT2D eigenvalue weighted by Crippen LogP contribution is 2.41. The zero-order chi connectivity index (χ0) is 13.5. The summed E-state index contributed by atoms with van der Waals surface area (Å²) in [5.41, 5.74) is 2.23. The number of hydrogen-bond acceptors (Lipinski definition) is 2. The molecule has 106 valence electrons. The van der Waals surface area contributed by atoms with Crippen molar-refractivity contribution in [2.75, 3.05) is 19.6 Å². The lowest BCUT2D eigenvalue weighted by Gasteiger charge is -2.30. The molecular weight excluding hydrogens is 248 g/mol. The van der Waals surface area contributed by atoms with Gasteiger partial charge in [0.05, 0.1) is 0 Å². The van der Waals surface area contributed by atoms with Gasteiger partial charge in [0.1, 0.15) is 0 Å². The normalized spacial score (nSPS) is 28.1. The molecule has 2 atom stereocenters. The van der Waals surface area contributed by atoms with Crippen LogP contribution < -0.4 is 5.32 Å². The number of nitrogens with one attached hydrogen (secondary N) is 1. The first kappa shape index (κ1) is 12.4. The maximum atomic E-state index is 12.1. The molecule has 1 saturated heterocycles. The molecule has 2 aliphatic carbocycles. The van der Waals surface area contributed by atoms with Gasteiger partial charge in [0.15, 0.2) is 0 Å². The van der Waals surface area contributed by atoms with Gasteiger partial charge in [-0.3, -0.25) is 4.79 Å². The lowest BCUT2D eigenvalue weighted by Crippen LogP contribution is -2.41. The summed E-state index contributed by atoms with van der Waals surface area (Å²) < 4.78 is 0. The first-order valence-corrected chi connectivity index (χ1v) is 7.94. The summed E-state index contributed by atoms with van der Waals surface area (Å²) in [6.45, 7) is 3.05. The highest BCUT2D eigenvalue weighted by Gasteiger charge is 2.39. The van der Waals surface area contributed by atoms with E-state index in [1.54, 1.807) is 0 Å². The molecule has 1 heterocycles. The largest absolute Gasteiger partial charge is 0.339 e. The standard InChI is InChI=1S/C17H22N2O/c20-17(19-8-1-9-19)14-6-4-13(5-7-14)15-10-16(15)18-11-12-2-3-12/h4-7,12,15-16,18H,1-3,8-11H2/t15-,16+/m0/s1. The van der Waals surface area contributed by atoms with Crippen molar-refractivity contribution in [3.63, 3.8) is 0 Å². The Hall–Kier alpha value is -1.35. The van der Waals surface area contributed by atoms with E-state index in [2.05, 4.69) is 17.4 Å². The minimum absolute atomic E-state index is 0.196. The summed E-state index contributed by atoms with van der Waals surface area (Å²) in [6, 6.07) is 8.98. The van der Waals surface area contributed by atoms with E-state index in [0.29, 0.717) is 12.0 Å². The Bertz CT molecular complexity index is 502. The van der Waals surface area contributed by atoms with Crippen LogP contribution in [0.2, 0.25) is 0 Å². The molecule has 4 rings (SSSR count). The van der Waals surface area contributed by atoms with Gasteiger partial charge in [-0.15, -0.1) is 0 Å². The monoisotopic (exact) mass is 270 g/mol. The third-order valence-electron chi connectivity index (χ3n) is 4.89. The lowest BCUT2D eigenvalue weighted by molar-refractivity contribution is 0.0652. The van der Waals surface area contributed by atoms with E-state index in [0.717, 1.165) is 31.0 Å². The second kappa shape index (κ2) is 4.88. The van der Waals surface area contributed by atoms with Gasteiger partial charge in [0.25, 0.3) is 5.91 Å². The fraction of sp³-hybridized carbons (Fsp3) is 0.588. The molecule has 0 bridgehead atoms. The van der Waals surface area contributed by atoms with Crippen molar-refractivity contribution in [1.82, 2.24) is 10.2 Å². The topological polar surface area (TPSA) is 32.3 Å². The van der Waals surface area contributed by atoms with Crippen LogP contribution in [0.3, 0.4) is 0 Å². The van der Waals surface area contributed by atoms with Gasteiger partial charge < -0.3 is 10.2 Å². The lowest BCUT2D eigenvalue weighted by atomic mass is 10.1. The molecule has 3 aliphatic rings. The van der Waals surface area contributed by atoms with Crippen LogP contribution in [-0.2, 0) is 0 Å². The van der Waals surface area contributed by atoms with Gasteiger partial charge >= 0.3 is 0 Å². The van der Waals surface area contributed by atoms with Crippen LogP contribution in [0.15, 0.2) is 24.3 Å². The number of hydrogen-bond donors (Lipinski definition) is 1. The molecule has 1 amide bonds. The second-order valence-corrected chi connectivity index (χ2v) is 6.57. The highest BCUT2D eigenvalue weighted by molar-refractivity contribution is 5.94. The maximum Gasteiger partial charge on any atom is 0.253 e. The Morgan fingerprint density at radius 2 is 1.95 bits per heavy atom. The number of benzene rings is 1. The summed E-state index contributed by atoms with van der Waals surface area (Å²) in [7, 11) is 0. The number of nitrogens with zero attached hydrogens (tertiary/aromatic N) is 1. The molecule has 1 N–H and O–H groups in total. The Morgan fingerprint density at radius 3 is 2.55 bits per heavy atom. The van der Waals surface area contributed by atoms with Crippen LogP contribution in [0.5, 0.6) is 0 Å². The van der Waals surface area contributed by atoms with Crippen molar-refractivity contribution in [2.24, 2.45) is 5.92 Å². The molecule has 3 heteroatoms. The van der Waals surface area contributed by atoms with E-state index >= 15 is 0 Å². The summed E-state index contributed by atoms with van der Waals surface area (Å²) in [6.07, 6.45) is 5.24. The van der Waals surface area contributed by atoms with Crippen LogP contribution in [0.4, 0.5) is 0 Å². The zero-order valence-electron chi connectivity index (χ0n) is 11.8. The third-order valence-corrected chi connectivity index (χ3v) is 4.89. The second-order valence-electron chi connectivity index (χ2n) is 6.57. The number of carbonyl (C=O) groups excluding carboxylic acids is 1. The molecule has 1 aliphatic heterocycles. The SMILES string of the molecule is O=C(c1ccc([C@@H]2C[C@H]2NCC2CC2)cc1)N1CCC1. The summed E-state index contributed by atoms with van der Waals surface area (Å²) in [5.74, 6) is 1.82. The zero-order valence-corrected chi connectivity index (χ0v) is 11.8. The van der Waals surface area contributed by atoms with Crippen molar-refractivity contribution < 1.29 is 4.79 Å². The fourth-order valence-corrected chi connectivity index (χ4v) is 3.00. The van der Waals surface area contributed by atoms with Crippen molar-refractivity contribution >= 4 is 5.91 Å². The molecular formula is C17H22N2O. The van der Waals surface area contributed by atoms with E-state index in [-0.39, 0.29) is 5.91 Å². The molecule has 0 spiro atoms. The van der Waals surface area contributed by atoms with Gasteiger partial charge in [-0.1, -0.05) is 12.1 Å². The quantitative estimate of drug-likeness (QED) is 0.891. The van der Waals surface area contributed by atoms with Gasteiger partial charge in [-0.25, -0.2) is 0 Å². The molecule has 2 saturated carbocycles. The number of rotatable bonds is 5. The average molecular weight is 270 g/mol. The van der Waals surface area contributed by atoms with Crippen molar-refractivity contribution in [2.45, 2.75) is 37.6 Å². The first-order valence-electron chi connectivity index (χ1n) is 7.94. The van der Waals surface area contributed by atoms with Crippen molar-refractivity contribution in [3.05, 3.63) is 35.4 Å². The predicted molar refractivity (Wildman–Crippen MR) is 78.8 cm³/mol. The summed E-state index contributed by atoms with van der Waals surface area (Å²) in [5, 5.41) is 3.67. The average Bonchev–Trinajstić information content (AvgIpc) is 3.29. The molecule has 3 nitrogen and oxygen atoms in total. The van der Waals surface area contributed by atoms with Crippen LogP contribution >= 0.6 is 0 Å². The Kier molecular flexibility index (Phi) is 3.03. The van der Waals surface area contributed by atoms with Crippen LogP contribution in [-0.4, -0.2) is 36.5 Å². The molecule has 1 aromatic rings. The Labute approximate surface area is 120 Å². The molecule has 0 unspecified atom stereocenters. The van der Waals surface area contributed by atoms with Gasteiger partial charge in [-0.2, -0.15) is 0 Å². The van der Waals surface area contributed by atoms with Gasteiger partial charge in [0, 0.05) is 30.6 Å². The van der Waals surface area contributed by atoms with Gasteiger partial charge in [0.2, 0.25) is 0 Å². The summed E-state index contributed by atoms with van der Waals surface area (Å²) >= 11 is 0. The van der Waals surface area contributed by atoms with Gasteiger partial charge in [-0.05, 0) is 55.8 Å². The molecule has 0 radical (unpaired) electrons. The number of likely N-dealkylation sites (tertiary alicyclic amines) is 1. The van der Waals surface area contributed by atoms with E-state index < -0.39 is 0 Å². The number of amides is 1. The number of carbonyl (C=O) groups is 1. The molecule has 20 heavy (non-hydrogen) atoms. The minimum Gasteiger partial charge on any atom is -0.339 e. The van der Waals surface area contributed by atoms with E-state index in [1.165, 1.54) is 31.4 Å². The predicted octanol–water partition coefficient (Wildman–Crippen LogP) is 2.39. The fourth-order valence-electron chi connectivity index (χ4n) is 3.00. The van der Waals surface area contributed by atoms with E-state index in [9.17, 15) is 4.79 Å². The molecule has 0 aromatic heterocycles. The highest BCUT2D eigenvalue weighted by atomic mass is 16.2. The van der Waals surface area contributed by atoms with Crippen LogP contribution in [0.25, 0.3) is 0 Å². The molecule has 3 fully saturated rings. The first-order chi connectivity index (χ1) is 9.81. The maximum absolute atomic E-state index is 12.1. The smallest absolute Gasteiger partial charge is 0.253 e. The third kappa shape index (κ3) is 2.47. The van der Waals surface area contributed by atoms with Crippen molar-refractivity contribution in [3.8, 4) is 0 Å². The minimum atomic E-state index is 0.196. The molecule has 1 aromatic carbocycles.